The van der Waals surface area contributed by atoms with E-state index in [1.165, 1.54) is 12.1 Å². The Labute approximate surface area is 121 Å². The summed E-state index contributed by atoms with van der Waals surface area (Å²) in [5, 5.41) is 12.3. The van der Waals surface area contributed by atoms with Crippen molar-refractivity contribution < 1.29 is 23.1 Å². The Morgan fingerprint density at radius 1 is 1.33 bits per heavy atom. The van der Waals surface area contributed by atoms with Crippen LogP contribution in [0.3, 0.4) is 0 Å². The lowest BCUT2D eigenvalue weighted by molar-refractivity contribution is -0.137. The molecule has 1 fully saturated rings. The molecule has 0 saturated heterocycles. The minimum absolute atomic E-state index is 0.0514. The first-order chi connectivity index (χ1) is 9.86. The van der Waals surface area contributed by atoms with Gasteiger partial charge in [-0.05, 0) is 24.5 Å². The van der Waals surface area contributed by atoms with Crippen LogP contribution >= 0.6 is 0 Å². The molecule has 2 N–H and O–H groups in total. The van der Waals surface area contributed by atoms with Crippen LogP contribution in [0.1, 0.15) is 30.4 Å². The molecule has 2 unspecified atom stereocenters. The summed E-state index contributed by atoms with van der Waals surface area (Å²) in [6.07, 6.45) is -2.33. The normalized spacial score (nSPS) is 22.3. The number of hydrogen-bond donors (Lipinski definition) is 2. The number of rotatable bonds is 4. The molecule has 3 nitrogen and oxygen atoms in total. The van der Waals surface area contributed by atoms with Crippen LogP contribution < -0.4 is 5.32 Å². The number of benzene rings is 1. The molecule has 0 aromatic heterocycles. The summed E-state index contributed by atoms with van der Waals surface area (Å²) >= 11 is 0. The number of amides is 1. The molecule has 0 spiro atoms. The second-order valence-corrected chi connectivity index (χ2v) is 5.44. The fourth-order valence-electron chi connectivity index (χ4n) is 2.61. The first kappa shape index (κ1) is 15.8. The Kier molecular flexibility index (Phi) is 4.88. The number of hydrogen-bond acceptors (Lipinski definition) is 2. The summed E-state index contributed by atoms with van der Waals surface area (Å²) in [6.45, 7) is 0.374. The average molecular weight is 301 g/mol. The van der Waals surface area contributed by atoms with Crippen LogP contribution in [0.15, 0.2) is 24.3 Å². The van der Waals surface area contributed by atoms with E-state index in [4.69, 9.17) is 0 Å². The maximum atomic E-state index is 12.6. The molecular weight excluding hydrogens is 283 g/mol. The average Bonchev–Trinajstić information content (AvgIpc) is 2.81. The predicted octanol–water partition coefficient (Wildman–Crippen LogP) is 2.53. The Morgan fingerprint density at radius 2 is 2.10 bits per heavy atom. The number of carbonyl (C=O) groups excluding carboxylic acids is 1. The van der Waals surface area contributed by atoms with Crippen molar-refractivity contribution in [2.45, 2.75) is 38.0 Å². The lowest BCUT2D eigenvalue weighted by atomic mass is 10.1. The lowest BCUT2D eigenvalue weighted by Crippen LogP contribution is -2.33. The molecule has 2 rings (SSSR count). The molecule has 0 radical (unpaired) electrons. The van der Waals surface area contributed by atoms with Crippen molar-refractivity contribution in [3.8, 4) is 0 Å². The largest absolute Gasteiger partial charge is 0.416 e. The maximum Gasteiger partial charge on any atom is 0.416 e. The van der Waals surface area contributed by atoms with Gasteiger partial charge in [0, 0.05) is 12.5 Å². The minimum atomic E-state index is -4.40. The highest BCUT2D eigenvalue weighted by Crippen LogP contribution is 2.29. The molecule has 1 aliphatic carbocycles. The van der Waals surface area contributed by atoms with E-state index < -0.39 is 11.7 Å². The maximum absolute atomic E-state index is 12.6. The summed E-state index contributed by atoms with van der Waals surface area (Å²) in [4.78, 5) is 11.8. The molecule has 21 heavy (non-hydrogen) atoms. The molecule has 0 aliphatic heterocycles. The van der Waals surface area contributed by atoms with Crippen LogP contribution in [0.2, 0.25) is 0 Å². The minimum Gasteiger partial charge on any atom is -0.393 e. The van der Waals surface area contributed by atoms with E-state index in [-0.39, 0.29) is 24.3 Å². The molecule has 2 atom stereocenters. The summed E-state index contributed by atoms with van der Waals surface area (Å²) in [6, 6.07) is 4.77. The van der Waals surface area contributed by atoms with E-state index in [2.05, 4.69) is 5.32 Å². The molecule has 1 aliphatic rings. The van der Waals surface area contributed by atoms with Gasteiger partial charge < -0.3 is 10.4 Å². The molecule has 1 aromatic rings. The van der Waals surface area contributed by atoms with Gasteiger partial charge in [-0.25, -0.2) is 0 Å². The van der Waals surface area contributed by atoms with Crippen molar-refractivity contribution >= 4 is 5.91 Å². The number of nitrogens with one attached hydrogen (secondary N) is 1. The van der Waals surface area contributed by atoms with Crippen molar-refractivity contribution in [2.24, 2.45) is 5.92 Å². The number of carbonyl (C=O) groups is 1. The van der Waals surface area contributed by atoms with Crippen molar-refractivity contribution in [3.63, 3.8) is 0 Å². The number of halogens is 3. The highest BCUT2D eigenvalue weighted by atomic mass is 19.4. The van der Waals surface area contributed by atoms with Crippen molar-refractivity contribution in [1.29, 1.82) is 0 Å². The van der Waals surface area contributed by atoms with Gasteiger partial charge in [-0.1, -0.05) is 24.6 Å². The van der Waals surface area contributed by atoms with E-state index in [9.17, 15) is 23.1 Å². The third-order valence-corrected chi connectivity index (χ3v) is 3.80. The molecule has 1 amide bonds. The first-order valence-electron chi connectivity index (χ1n) is 6.97. The van der Waals surface area contributed by atoms with Gasteiger partial charge in [-0.2, -0.15) is 13.2 Å². The first-order valence-corrected chi connectivity index (χ1v) is 6.97. The monoisotopic (exact) mass is 301 g/mol. The zero-order valence-electron chi connectivity index (χ0n) is 11.5. The van der Waals surface area contributed by atoms with Crippen LogP contribution in [0.25, 0.3) is 0 Å². The zero-order valence-corrected chi connectivity index (χ0v) is 11.5. The molecule has 1 saturated carbocycles. The lowest BCUT2D eigenvalue weighted by Gasteiger charge is -2.15. The second-order valence-electron chi connectivity index (χ2n) is 5.44. The van der Waals surface area contributed by atoms with Crippen LogP contribution in [-0.2, 0) is 17.4 Å². The van der Waals surface area contributed by atoms with E-state index in [1.807, 2.05) is 0 Å². The summed E-state index contributed by atoms with van der Waals surface area (Å²) < 4.78 is 37.7. The van der Waals surface area contributed by atoms with Crippen LogP contribution in [0.5, 0.6) is 0 Å². The number of aliphatic hydroxyl groups excluding tert-OH is 1. The molecular formula is C15H18F3NO2. The quantitative estimate of drug-likeness (QED) is 0.898. The van der Waals surface area contributed by atoms with Gasteiger partial charge in [0.2, 0.25) is 5.91 Å². The zero-order chi connectivity index (χ0) is 15.5. The Morgan fingerprint density at radius 3 is 2.71 bits per heavy atom. The fourth-order valence-corrected chi connectivity index (χ4v) is 2.61. The summed E-state index contributed by atoms with van der Waals surface area (Å²) in [5.41, 5.74) is -0.423. The highest BCUT2D eigenvalue weighted by Gasteiger charge is 2.30. The molecule has 0 heterocycles. The van der Waals surface area contributed by atoms with E-state index in [0.29, 0.717) is 12.1 Å². The van der Waals surface area contributed by atoms with Gasteiger partial charge in [0.25, 0.3) is 0 Å². The van der Waals surface area contributed by atoms with Gasteiger partial charge in [-0.15, -0.1) is 0 Å². The van der Waals surface area contributed by atoms with Crippen molar-refractivity contribution in [3.05, 3.63) is 35.4 Å². The van der Waals surface area contributed by atoms with Gasteiger partial charge in [0.1, 0.15) is 0 Å². The Bertz CT molecular complexity index is 502. The smallest absolute Gasteiger partial charge is 0.393 e. The summed E-state index contributed by atoms with van der Waals surface area (Å²) in [7, 11) is 0. The third kappa shape index (κ3) is 4.46. The van der Waals surface area contributed by atoms with E-state index in [1.54, 1.807) is 0 Å². The second kappa shape index (κ2) is 6.47. The standard InChI is InChI=1S/C15H18F3NO2/c16-15(17,18)12-5-1-3-10(7-12)8-14(21)19-9-11-4-2-6-13(11)20/h1,3,5,7,11,13,20H,2,4,6,8-9H2,(H,19,21). The van der Waals surface area contributed by atoms with Crippen molar-refractivity contribution in [1.82, 2.24) is 5.32 Å². The van der Waals surface area contributed by atoms with Crippen molar-refractivity contribution in [2.75, 3.05) is 6.54 Å². The van der Waals surface area contributed by atoms with E-state index in [0.717, 1.165) is 31.4 Å². The number of aliphatic hydroxyl groups is 1. The van der Waals surface area contributed by atoms with Gasteiger partial charge in [0.05, 0.1) is 18.1 Å². The molecule has 0 bridgehead atoms. The highest BCUT2D eigenvalue weighted by molar-refractivity contribution is 5.78. The van der Waals surface area contributed by atoms with Gasteiger partial charge >= 0.3 is 6.18 Å². The molecule has 116 valence electrons. The van der Waals surface area contributed by atoms with E-state index >= 15 is 0 Å². The Balaban J connectivity index is 1.88. The SMILES string of the molecule is O=C(Cc1cccc(C(F)(F)F)c1)NCC1CCCC1O. The summed E-state index contributed by atoms with van der Waals surface area (Å²) in [5.74, 6) is -0.274. The topological polar surface area (TPSA) is 49.3 Å². The molecule has 1 aromatic carbocycles. The van der Waals surface area contributed by atoms with Crippen LogP contribution in [0.4, 0.5) is 13.2 Å². The fraction of sp³-hybridized carbons (Fsp3) is 0.533. The van der Waals surface area contributed by atoms with Crippen LogP contribution in [0, 0.1) is 5.92 Å². The van der Waals surface area contributed by atoms with Gasteiger partial charge in [-0.3, -0.25) is 4.79 Å². The van der Waals surface area contributed by atoms with Gasteiger partial charge in [0.15, 0.2) is 0 Å². The predicted molar refractivity (Wildman–Crippen MR) is 71.5 cm³/mol. The third-order valence-electron chi connectivity index (χ3n) is 3.80. The van der Waals surface area contributed by atoms with Crippen LogP contribution in [-0.4, -0.2) is 23.7 Å². The molecule has 6 heteroatoms. The number of alkyl halides is 3. The Hall–Kier alpha value is -1.56.